The number of carbonyl (C=O) groups is 2. The lowest BCUT2D eigenvalue weighted by Gasteiger charge is -2.23. The molecule has 1 atom stereocenters. The predicted molar refractivity (Wildman–Crippen MR) is 112 cm³/mol. The van der Waals surface area contributed by atoms with Crippen LogP contribution in [0.4, 0.5) is 10.8 Å². The van der Waals surface area contributed by atoms with Crippen LogP contribution in [0.5, 0.6) is 11.5 Å². The number of rotatable bonds is 4. The maximum Gasteiger partial charge on any atom is 0.265 e. The molecule has 0 bridgehead atoms. The van der Waals surface area contributed by atoms with Crippen LogP contribution in [0.3, 0.4) is 0 Å². The molecular weight excluding hydrogens is 390 g/mol. The number of hydrogen-bond donors (Lipinski definition) is 2. The van der Waals surface area contributed by atoms with Crippen molar-refractivity contribution in [1.29, 1.82) is 0 Å². The number of aryl methyl sites for hydroxylation is 1. The number of anilines is 2. The second kappa shape index (κ2) is 7.56. The third-order valence-corrected chi connectivity index (χ3v) is 5.44. The van der Waals surface area contributed by atoms with E-state index in [2.05, 4.69) is 15.6 Å². The van der Waals surface area contributed by atoms with Gasteiger partial charge in [0.05, 0.1) is 18.5 Å². The van der Waals surface area contributed by atoms with Gasteiger partial charge in [0.25, 0.3) is 11.8 Å². The lowest BCUT2D eigenvalue weighted by molar-refractivity contribution is -0.122. The Hall–Kier alpha value is -3.39. The molecule has 3 aromatic rings. The Morgan fingerprint density at radius 3 is 2.72 bits per heavy atom. The molecule has 29 heavy (non-hydrogen) atoms. The van der Waals surface area contributed by atoms with Crippen molar-refractivity contribution in [3.05, 3.63) is 52.9 Å². The number of benzene rings is 2. The number of ether oxygens (including phenoxy) is 2. The number of nitrogens with zero attached hydrogens (tertiary/aromatic N) is 1. The van der Waals surface area contributed by atoms with E-state index in [4.69, 9.17) is 9.47 Å². The first kappa shape index (κ1) is 18.9. The average Bonchev–Trinajstić information content (AvgIpc) is 3.08. The van der Waals surface area contributed by atoms with Gasteiger partial charge in [-0.1, -0.05) is 0 Å². The lowest BCUT2D eigenvalue weighted by Crippen LogP contribution is -2.34. The van der Waals surface area contributed by atoms with E-state index >= 15 is 0 Å². The molecule has 0 aliphatic carbocycles. The van der Waals surface area contributed by atoms with Crippen molar-refractivity contribution >= 4 is 34.0 Å². The number of amides is 2. The molecule has 7 nitrogen and oxygen atoms in total. The van der Waals surface area contributed by atoms with Crippen LogP contribution in [-0.2, 0) is 4.79 Å². The van der Waals surface area contributed by atoms with E-state index in [1.807, 2.05) is 25.1 Å². The van der Waals surface area contributed by atoms with Gasteiger partial charge in [0, 0.05) is 16.0 Å². The number of nitrogens with one attached hydrogen (secondary N) is 2. The van der Waals surface area contributed by atoms with Crippen molar-refractivity contribution in [3.8, 4) is 22.8 Å². The summed E-state index contributed by atoms with van der Waals surface area (Å²) in [5.41, 5.74) is 2.71. The smallest absolute Gasteiger partial charge is 0.265 e. The van der Waals surface area contributed by atoms with Crippen molar-refractivity contribution in [3.63, 3.8) is 0 Å². The molecule has 4 rings (SSSR count). The number of fused-ring (bicyclic) bond motifs is 1. The maximum atomic E-state index is 12.5. The van der Waals surface area contributed by atoms with Gasteiger partial charge in [0.15, 0.2) is 11.2 Å². The molecule has 2 aromatic carbocycles. The van der Waals surface area contributed by atoms with Crippen LogP contribution in [0.15, 0.2) is 42.5 Å². The van der Waals surface area contributed by atoms with Crippen LogP contribution in [0.2, 0.25) is 0 Å². The molecule has 1 aromatic heterocycles. The van der Waals surface area contributed by atoms with Crippen LogP contribution in [0.1, 0.15) is 22.2 Å². The van der Waals surface area contributed by atoms with Crippen molar-refractivity contribution in [2.24, 2.45) is 0 Å². The average molecular weight is 409 g/mol. The molecule has 148 valence electrons. The van der Waals surface area contributed by atoms with Crippen LogP contribution in [0.25, 0.3) is 11.3 Å². The van der Waals surface area contributed by atoms with Gasteiger partial charge in [-0.05, 0) is 56.3 Å². The van der Waals surface area contributed by atoms with Crippen LogP contribution >= 0.6 is 11.3 Å². The summed E-state index contributed by atoms with van der Waals surface area (Å²) in [5.74, 6) is 0.888. The minimum Gasteiger partial charge on any atom is -0.497 e. The van der Waals surface area contributed by atoms with Gasteiger partial charge in [0.1, 0.15) is 11.5 Å². The van der Waals surface area contributed by atoms with E-state index < -0.39 is 6.10 Å². The number of hydrogen-bond acceptors (Lipinski definition) is 6. The van der Waals surface area contributed by atoms with Crippen LogP contribution in [0, 0.1) is 6.92 Å². The Morgan fingerprint density at radius 2 is 2.00 bits per heavy atom. The van der Waals surface area contributed by atoms with Gasteiger partial charge < -0.3 is 14.8 Å². The monoisotopic (exact) mass is 409 g/mol. The van der Waals surface area contributed by atoms with E-state index in [9.17, 15) is 9.59 Å². The van der Waals surface area contributed by atoms with E-state index in [0.717, 1.165) is 16.1 Å². The fourth-order valence-electron chi connectivity index (χ4n) is 2.99. The first-order valence-corrected chi connectivity index (χ1v) is 9.81. The first-order chi connectivity index (χ1) is 13.9. The molecule has 1 aliphatic heterocycles. The molecule has 0 saturated carbocycles. The summed E-state index contributed by atoms with van der Waals surface area (Å²) < 4.78 is 10.7. The van der Waals surface area contributed by atoms with Crippen molar-refractivity contribution in [1.82, 2.24) is 4.98 Å². The zero-order chi connectivity index (χ0) is 20.5. The Morgan fingerprint density at radius 1 is 1.24 bits per heavy atom. The molecule has 0 saturated heterocycles. The van der Waals surface area contributed by atoms with Crippen molar-refractivity contribution in [2.75, 3.05) is 17.7 Å². The normalized spacial score (nSPS) is 15.1. The summed E-state index contributed by atoms with van der Waals surface area (Å²) >= 11 is 1.39. The maximum absolute atomic E-state index is 12.5. The number of thiazole rings is 1. The SMILES string of the molecule is COc1ccc(C(=O)Nc2nc(-c3ccc4c(c3)NC(=O)[C@@H](C)O4)c(C)s2)cc1. The quantitative estimate of drug-likeness (QED) is 0.677. The topological polar surface area (TPSA) is 89.5 Å². The van der Waals surface area contributed by atoms with Gasteiger partial charge >= 0.3 is 0 Å². The molecule has 2 heterocycles. The lowest BCUT2D eigenvalue weighted by atomic mass is 10.1. The van der Waals surface area contributed by atoms with Crippen molar-refractivity contribution < 1.29 is 19.1 Å². The Kier molecular flexibility index (Phi) is 4.94. The Bertz CT molecular complexity index is 1090. The standard InChI is InChI=1S/C21H19N3O4S/c1-11-19(25)22-16-10-14(6-9-17(16)28-11)18-12(2)29-21(23-18)24-20(26)13-4-7-15(27-3)8-5-13/h4-11H,1-3H3,(H,22,25)(H,23,24,26)/t11-/m1/s1. The number of aromatic nitrogens is 1. The van der Waals surface area contributed by atoms with Gasteiger partial charge in [-0.25, -0.2) is 4.98 Å². The number of methoxy groups -OCH3 is 1. The molecule has 0 radical (unpaired) electrons. The molecular formula is C21H19N3O4S. The summed E-state index contributed by atoms with van der Waals surface area (Å²) in [4.78, 5) is 29.9. The summed E-state index contributed by atoms with van der Waals surface area (Å²) in [6, 6.07) is 12.4. The number of carbonyl (C=O) groups excluding carboxylic acids is 2. The molecule has 1 aliphatic rings. The highest BCUT2D eigenvalue weighted by molar-refractivity contribution is 7.16. The van der Waals surface area contributed by atoms with Gasteiger partial charge in [0.2, 0.25) is 0 Å². The first-order valence-electron chi connectivity index (χ1n) is 8.99. The van der Waals surface area contributed by atoms with Gasteiger partial charge in [-0.15, -0.1) is 11.3 Å². The van der Waals surface area contributed by atoms with E-state index in [1.165, 1.54) is 11.3 Å². The van der Waals surface area contributed by atoms with Gasteiger partial charge in [-0.3, -0.25) is 14.9 Å². The second-order valence-electron chi connectivity index (χ2n) is 6.57. The highest BCUT2D eigenvalue weighted by Gasteiger charge is 2.24. The largest absolute Gasteiger partial charge is 0.497 e. The fraction of sp³-hybridized carbons (Fsp3) is 0.190. The highest BCUT2D eigenvalue weighted by Crippen LogP contribution is 2.37. The molecule has 8 heteroatoms. The third kappa shape index (κ3) is 3.79. The highest BCUT2D eigenvalue weighted by atomic mass is 32.1. The van der Waals surface area contributed by atoms with Crippen molar-refractivity contribution in [2.45, 2.75) is 20.0 Å². The Balaban J connectivity index is 1.56. The fourth-order valence-corrected chi connectivity index (χ4v) is 3.82. The molecule has 2 amide bonds. The predicted octanol–water partition coefficient (Wildman–Crippen LogP) is 4.10. The second-order valence-corrected chi connectivity index (χ2v) is 7.77. The molecule has 2 N–H and O–H groups in total. The molecule has 0 unspecified atom stereocenters. The third-order valence-electron chi connectivity index (χ3n) is 4.55. The summed E-state index contributed by atoms with van der Waals surface area (Å²) in [6.45, 7) is 3.64. The minimum atomic E-state index is -0.519. The summed E-state index contributed by atoms with van der Waals surface area (Å²) in [5, 5.41) is 6.18. The van der Waals surface area contributed by atoms with Gasteiger partial charge in [-0.2, -0.15) is 0 Å². The van der Waals surface area contributed by atoms with Crippen LogP contribution < -0.4 is 20.1 Å². The molecule has 0 spiro atoms. The zero-order valence-electron chi connectivity index (χ0n) is 16.1. The van der Waals surface area contributed by atoms with Crippen LogP contribution in [-0.4, -0.2) is 30.0 Å². The van der Waals surface area contributed by atoms with E-state index in [0.29, 0.717) is 27.9 Å². The molecule has 0 fully saturated rings. The Labute approximate surface area is 171 Å². The van der Waals surface area contributed by atoms with E-state index in [-0.39, 0.29) is 11.8 Å². The summed E-state index contributed by atoms with van der Waals surface area (Å²) in [6.07, 6.45) is -0.519. The zero-order valence-corrected chi connectivity index (χ0v) is 16.9. The minimum absolute atomic E-state index is 0.183. The van der Waals surface area contributed by atoms with E-state index in [1.54, 1.807) is 38.3 Å². The summed E-state index contributed by atoms with van der Waals surface area (Å²) in [7, 11) is 1.58.